The van der Waals surface area contributed by atoms with Crippen LogP contribution >= 0.6 is 11.6 Å². The van der Waals surface area contributed by atoms with Gasteiger partial charge in [0.2, 0.25) is 5.91 Å². The van der Waals surface area contributed by atoms with Gasteiger partial charge in [-0.15, -0.1) is 0 Å². The van der Waals surface area contributed by atoms with Gasteiger partial charge in [-0.2, -0.15) is 0 Å². The molecular formula is C13H16ClN3O3. The molecule has 0 aromatic heterocycles. The predicted molar refractivity (Wildman–Crippen MR) is 74.8 cm³/mol. The van der Waals surface area contributed by atoms with Crippen LogP contribution in [0.5, 0.6) is 0 Å². The first-order valence-corrected chi connectivity index (χ1v) is 6.63. The van der Waals surface area contributed by atoms with E-state index < -0.39 is 12.0 Å². The van der Waals surface area contributed by atoms with E-state index in [1.165, 1.54) is 4.90 Å². The minimum Gasteiger partial charge on any atom is -0.465 e. The van der Waals surface area contributed by atoms with Gasteiger partial charge >= 0.3 is 6.09 Å². The SMILES string of the molecule is NC(=O)c1cc(CN2CCN(C(=O)O)CC2)ccc1Cl. The summed E-state index contributed by atoms with van der Waals surface area (Å²) in [6.45, 7) is 2.96. The molecule has 7 heteroatoms. The Morgan fingerprint density at radius 2 is 1.90 bits per heavy atom. The summed E-state index contributed by atoms with van der Waals surface area (Å²) in [6.07, 6.45) is -0.882. The molecule has 0 radical (unpaired) electrons. The molecule has 6 nitrogen and oxygen atoms in total. The Kier molecular flexibility index (Phi) is 4.46. The summed E-state index contributed by atoms with van der Waals surface area (Å²) >= 11 is 5.90. The Balaban J connectivity index is 1.99. The van der Waals surface area contributed by atoms with Crippen LogP contribution in [-0.4, -0.2) is 53.1 Å². The number of rotatable bonds is 3. The summed E-state index contributed by atoms with van der Waals surface area (Å²) < 4.78 is 0. The molecule has 0 atom stereocenters. The van der Waals surface area contributed by atoms with Crippen molar-refractivity contribution in [2.75, 3.05) is 26.2 Å². The van der Waals surface area contributed by atoms with Crippen LogP contribution in [0.25, 0.3) is 0 Å². The maximum absolute atomic E-state index is 11.2. The Hall–Kier alpha value is -1.79. The second-order valence-electron chi connectivity index (χ2n) is 4.72. The first-order chi connectivity index (χ1) is 9.47. The van der Waals surface area contributed by atoms with E-state index in [9.17, 15) is 9.59 Å². The van der Waals surface area contributed by atoms with E-state index >= 15 is 0 Å². The average Bonchev–Trinajstić information content (AvgIpc) is 2.41. The quantitative estimate of drug-likeness (QED) is 0.878. The summed E-state index contributed by atoms with van der Waals surface area (Å²) in [7, 11) is 0. The zero-order chi connectivity index (χ0) is 14.7. The number of benzene rings is 1. The smallest absolute Gasteiger partial charge is 0.407 e. The first kappa shape index (κ1) is 14.6. The molecule has 3 N–H and O–H groups in total. The highest BCUT2D eigenvalue weighted by Crippen LogP contribution is 2.18. The molecule has 0 spiro atoms. The number of amides is 2. The minimum atomic E-state index is -0.882. The van der Waals surface area contributed by atoms with Crippen LogP contribution in [0.4, 0.5) is 4.79 Å². The molecule has 1 aromatic carbocycles. The van der Waals surface area contributed by atoms with Crippen LogP contribution in [0.15, 0.2) is 18.2 Å². The third-order valence-corrected chi connectivity index (χ3v) is 3.67. The Bertz CT molecular complexity index is 528. The second-order valence-corrected chi connectivity index (χ2v) is 5.13. The molecular weight excluding hydrogens is 282 g/mol. The van der Waals surface area contributed by atoms with Crippen molar-refractivity contribution in [2.45, 2.75) is 6.54 Å². The van der Waals surface area contributed by atoms with Crippen molar-refractivity contribution in [1.82, 2.24) is 9.80 Å². The van der Waals surface area contributed by atoms with Crippen LogP contribution in [-0.2, 0) is 6.54 Å². The number of carbonyl (C=O) groups excluding carboxylic acids is 1. The highest BCUT2D eigenvalue weighted by atomic mass is 35.5. The van der Waals surface area contributed by atoms with Gasteiger partial charge in [-0.05, 0) is 17.7 Å². The van der Waals surface area contributed by atoms with Crippen molar-refractivity contribution in [3.63, 3.8) is 0 Å². The topological polar surface area (TPSA) is 86.9 Å². The Labute approximate surface area is 121 Å². The van der Waals surface area contributed by atoms with Gasteiger partial charge in [0.25, 0.3) is 0 Å². The molecule has 20 heavy (non-hydrogen) atoms. The molecule has 1 aliphatic rings. The number of hydrogen-bond acceptors (Lipinski definition) is 3. The molecule has 0 unspecified atom stereocenters. The largest absolute Gasteiger partial charge is 0.465 e. The van der Waals surface area contributed by atoms with E-state index in [1.807, 2.05) is 6.07 Å². The van der Waals surface area contributed by atoms with Gasteiger partial charge in [-0.3, -0.25) is 9.69 Å². The van der Waals surface area contributed by atoms with Gasteiger partial charge in [0.15, 0.2) is 0 Å². The van der Waals surface area contributed by atoms with Gasteiger partial charge in [-0.1, -0.05) is 17.7 Å². The number of nitrogens with two attached hydrogens (primary N) is 1. The lowest BCUT2D eigenvalue weighted by atomic mass is 10.1. The van der Waals surface area contributed by atoms with Crippen LogP contribution in [0.1, 0.15) is 15.9 Å². The summed E-state index contributed by atoms with van der Waals surface area (Å²) in [4.78, 5) is 25.6. The molecule has 0 saturated carbocycles. The first-order valence-electron chi connectivity index (χ1n) is 6.26. The van der Waals surface area contributed by atoms with E-state index in [1.54, 1.807) is 12.1 Å². The summed E-state index contributed by atoms with van der Waals surface area (Å²) in [5, 5.41) is 9.23. The Morgan fingerprint density at radius 3 is 2.45 bits per heavy atom. The van der Waals surface area contributed by atoms with E-state index in [0.717, 1.165) is 5.56 Å². The highest BCUT2D eigenvalue weighted by Gasteiger charge is 2.20. The molecule has 1 saturated heterocycles. The predicted octanol–water partition coefficient (Wildman–Crippen LogP) is 1.23. The number of nitrogens with zero attached hydrogens (tertiary/aromatic N) is 2. The normalized spacial score (nSPS) is 16.1. The summed E-state index contributed by atoms with van der Waals surface area (Å²) in [5.41, 5.74) is 6.51. The molecule has 108 valence electrons. The zero-order valence-corrected chi connectivity index (χ0v) is 11.6. The van der Waals surface area contributed by atoms with Crippen LogP contribution in [0.2, 0.25) is 5.02 Å². The Morgan fingerprint density at radius 1 is 1.25 bits per heavy atom. The molecule has 0 bridgehead atoms. The van der Waals surface area contributed by atoms with E-state index in [0.29, 0.717) is 43.3 Å². The highest BCUT2D eigenvalue weighted by molar-refractivity contribution is 6.33. The van der Waals surface area contributed by atoms with Crippen molar-refractivity contribution in [1.29, 1.82) is 0 Å². The van der Waals surface area contributed by atoms with Crippen molar-refractivity contribution >= 4 is 23.6 Å². The molecule has 1 fully saturated rings. The van der Waals surface area contributed by atoms with Crippen LogP contribution in [0.3, 0.4) is 0 Å². The second kappa shape index (κ2) is 6.11. The fourth-order valence-corrected chi connectivity index (χ4v) is 2.43. The fraction of sp³-hybridized carbons (Fsp3) is 0.385. The number of hydrogen-bond donors (Lipinski definition) is 2. The molecule has 1 heterocycles. The monoisotopic (exact) mass is 297 g/mol. The zero-order valence-electron chi connectivity index (χ0n) is 10.9. The van der Waals surface area contributed by atoms with Gasteiger partial charge in [0, 0.05) is 32.7 Å². The van der Waals surface area contributed by atoms with E-state index in [-0.39, 0.29) is 0 Å². The van der Waals surface area contributed by atoms with Gasteiger partial charge in [0.1, 0.15) is 0 Å². The third kappa shape index (κ3) is 3.40. The third-order valence-electron chi connectivity index (χ3n) is 3.35. The van der Waals surface area contributed by atoms with E-state index in [4.69, 9.17) is 22.4 Å². The minimum absolute atomic E-state index is 0.313. The van der Waals surface area contributed by atoms with E-state index in [2.05, 4.69) is 4.90 Å². The number of halogens is 1. The van der Waals surface area contributed by atoms with Gasteiger partial charge in [0.05, 0.1) is 10.6 Å². The maximum atomic E-state index is 11.2. The average molecular weight is 298 g/mol. The lowest BCUT2D eigenvalue weighted by Gasteiger charge is -2.33. The molecule has 2 rings (SSSR count). The maximum Gasteiger partial charge on any atom is 0.407 e. The number of primary amides is 1. The molecule has 2 amide bonds. The lowest BCUT2D eigenvalue weighted by Crippen LogP contribution is -2.47. The van der Waals surface area contributed by atoms with Crippen molar-refractivity contribution in [2.24, 2.45) is 5.73 Å². The fourth-order valence-electron chi connectivity index (χ4n) is 2.22. The molecule has 1 aliphatic heterocycles. The van der Waals surface area contributed by atoms with Crippen LogP contribution < -0.4 is 5.73 Å². The van der Waals surface area contributed by atoms with Crippen molar-refractivity contribution in [3.8, 4) is 0 Å². The van der Waals surface area contributed by atoms with Gasteiger partial charge in [-0.25, -0.2) is 4.79 Å². The van der Waals surface area contributed by atoms with Crippen molar-refractivity contribution in [3.05, 3.63) is 34.3 Å². The number of carbonyl (C=O) groups is 2. The number of carboxylic acid groups (broad SMARTS) is 1. The molecule has 0 aliphatic carbocycles. The standard InChI is InChI=1S/C13H16ClN3O3/c14-11-2-1-9(7-10(11)12(15)18)8-16-3-5-17(6-4-16)13(19)20/h1-2,7H,3-6,8H2,(H2,15,18)(H,19,20). The summed E-state index contributed by atoms with van der Waals surface area (Å²) in [5.74, 6) is -0.549. The lowest BCUT2D eigenvalue weighted by molar-refractivity contribution is 0.0994. The number of piperazine rings is 1. The summed E-state index contributed by atoms with van der Waals surface area (Å²) in [6, 6.07) is 5.19. The van der Waals surface area contributed by atoms with Crippen molar-refractivity contribution < 1.29 is 14.7 Å². The molecule has 1 aromatic rings. The van der Waals surface area contributed by atoms with Gasteiger partial charge < -0.3 is 15.7 Å². The van der Waals surface area contributed by atoms with Crippen LogP contribution in [0, 0.1) is 0 Å².